The van der Waals surface area contributed by atoms with Crippen molar-refractivity contribution in [1.82, 2.24) is 0 Å². The van der Waals surface area contributed by atoms with E-state index in [2.05, 4.69) is 48.0 Å². The number of halogens is 1. The third-order valence-corrected chi connectivity index (χ3v) is 3.75. The number of fused-ring (bicyclic) bond motifs is 1. The van der Waals surface area contributed by atoms with Crippen molar-refractivity contribution in [3.8, 4) is 0 Å². The van der Waals surface area contributed by atoms with Gasteiger partial charge in [0, 0.05) is 5.33 Å². The van der Waals surface area contributed by atoms with Gasteiger partial charge in [-0.1, -0.05) is 48.0 Å². The summed E-state index contributed by atoms with van der Waals surface area (Å²) in [6, 6.07) is 6.70. The Morgan fingerprint density at radius 2 is 2.15 bits per heavy atom. The fourth-order valence-corrected chi connectivity index (χ4v) is 2.79. The summed E-state index contributed by atoms with van der Waals surface area (Å²) in [5, 5.41) is 0.992. The van der Waals surface area contributed by atoms with Crippen LogP contribution in [0.25, 0.3) is 0 Å². The molecule has 0 N–H and O–H groups in total. The van der Waals surface area contributed by atoms with Crippen LogP contribution in [-0.2, 0) is 17.2 Å². The normalized spacial score (nSPS) is 18.7. The summed E-state index contributed by atoms with van der Waals surface area (Å²) in [6.07, 6.45) is 2.55. The fraction of sp³-hybridized carbons (Fsp3) is 0.500. The van der Waals surface area contributed by atoms with Gasteiger partial charge in [-0.25, -0.2) is 0 Å². The van der Waals surface area contributed by atoms with E-state index in [1.165, 1.54) is 18.4 Å². The number of alkyl halides is 1. The zero-order chi connectivity index (χ0) is 9.47. The van der Waals surface area contributed by atoms with Crippen molar-refractivity contribution in [2.75, 3.05) is 0 Å². The lowest BCUT2D eigenvalue weighted by atomic mass is 9.86. The highest BCUT2D eigenvalue weighted by molar-refractivity contribution is 9.08. The van der Waals surface area contributed by atoms with Crippen molar-refractivity contribution in [2.24, 2.45) is 0 Å². The van der Waals surface area contributed by atoms with Gasteiger partial charge in [-0.3, -0.25) is 0 Å². The molecular formula is C12H15Br. The van der Waals surface area contributed by atoms with Crippen molar-refractivity contribution in [3.05, 3.63) is 34.9 Å². The highest BCUT2D eigenvalue weighted by atomic mass is 79.9. The van der Waals surface area contributed by atoms with Gasteiger partial charge in [0.2, 0.25) is 0 Å². The molecule has 0 amide bonds. The van der Waals surface area contributed by atoms with E-state index in [1.807, 2.05) is 0 Å². The molecule has 1 aliphatic carbocycles. The van der Waals surface area contributed by atoms with Crippen LogP contribution in [0.1, 0.15) is 37.0 Å². The molecule has 0 atom stereocenters. The molecule has 0 nitrogen and oxygen atoms in total. The molecule has 0 saturated carbocycles. The van der Waals surface area contributed by atoms with E-state index >= 15 is 0 Å². The average molecular weight is 239 g/mol. The molecule has 1 heteroatoms. The molecule has 1 aliphatic rings. The topological polar surface area (TPSA) is 0 Å². The summed E-state index contributed by atoms with van der Waals surface area (Å²) in [4.78, 5) is 0. The van der Waals surface area contributed by atoms with Crippen molar-refractivity contribution in [1.29, 1.82) is 0 Å². The highest BCUT2D eigenvalue weighted by Crippen LogP contribution is 2.39. The lowest BCUT2D eigenvalue weighted by Gasteiger charge is -2.19. The predicted octanol–water partition coefficient (Wildman–Crippen LogP) is 3.81. The maximum absolute atomic E-state index is 3.55. The lowest BCUT2D eigenvalue weighted by Crippen LogP contribution is -2.11. The van der Waals surface area contributed by atoms with E-state index in [0.29, 0.717) is 5.41 Å². The van der Waals surface area contributed by atoms with Crippen molar-refractivity contribution < 1.29 is 0 Å². The van der Waals surface area contributed by atoms with Crippen LogP contribution >= 0.6 is 15.9 Å². The van der Waals surface area contributed by atoms with Gasteiger partial charge in [0.05, 0.1) is 0 Å². The molecular weight excluding hydrogens is 224 g/mol. The first-order chi connectivity index (χ1) is 6.15. The monoisotopic (exact) mass is 238 g/mol. The Labute approximate surface area is 88.5 Å². The molecule has 2 rings (SSSR count). The molecule has 1 aromatic carbocycles. The third-order valence-electron chi connectivity index (χ3n) is 3.15. The van der Waals surface area contributed by atoms with Crippen molar-refractivity contribution in [2.45, 2.75) is 37.4 Å². The molecule has 0 saturated heterocycles. The van der Waals surface area contributed by atoms with Crippen LogP contribution < -0.4 is 0 Å². The van der Waals surface area contributed by atoms with Crippen molar-refractivity contribution in [3.63, 3.8) is 0 Å². The SMILES string of the molecule is CC1(C)CCc2c(CBr)cccc21. The zero-order valence-corrected chi connectivity index (χ0v) is 9.82. The summed E-state index contributed by atoms with van der Waals surface area (Å²) >= 11 is 3.55. The van der Waals surface area contributed by atoms with Crippen LogP contribution in [0.5, 0.6) is 0 Å². The van der Waals surface area contributed by atoms with E-state index in [9.17, 15) is 0 Å². The molecule has 1 aromatic rings. The zero-order valence-electron chi connectivity index (χ0n) is 8.23. The molecule has 0 bridgehead atoms. The van der Waals surface area contributed by atoms with Crippen LogP contribution in [0.3, 0.4) is 0 Å². The van der Waals surface area contributed by atoms with Gasteiger partial charge in [0.25, 0.3) is 0 Å². The molecule has 0 radical (unpaired) electrons. The van der Waals surface area contributed by atoms with Crippen LogP contribution in [-0.4, -0.2) is 0 Å². The van der Waals surface area contributed by atoms with E-state index < -0.39 is 0 Å². The van der Waals surface area contributed by atoms with E-state index in [4.69, 9.17) is 0 Å². The molecule has 0 heterocycles. The first-order valence-corrected chi connectivity index (χ1v) is 5.94. The Morgan fingerprint density at radius 3 is 2.85 bits per heavy atom. The quantitative estimate of drug-likeness (QED) is 0.654. The van der Waals surface area contributed by atoms with Crippen LogP contribution in [0, 0.1) is 0 Å². The van der Waals surface area contributed by atoms with E-state index in [-0.39, 0.29) is 0 Å². The lowest BCUT2D eigenvalue weighted by molar-refractivity contribution is 0.522. The highest BCUT2D eigenvalue weighted by Gasteiger charge is 2.30. The standard InChI is InChI=1S/C12H15Br/c1-12(2)7-6-10-9(8-13)4-3-5-11(10)12/h3-5H,6-8H2,1-2H3. The van der Waals surface area contributed by atoms with Crippen LogP contribution in [0.15, 0.2) is 18.2 Å². The molecule has 0 unspecified atom stereocenters. The second-order valence-electron chi connectivity index (χ2n) is 4.46. The Bertz CT molecular complexity index is 326. The number of hydrogen-bond acceptors (Lipinski definition) is 0. The Hall–Kier alpha value is -0.300. The summed E-state index contributed by atoms with van der Waals surface area (Å²) in [5.74, 6) is 0. The van der Waals surface area contributed by atoms with Gasteiger partial charge < -0.3 is 0 Å². The molecule has 13 heavy (non-hydrogen) atoms. The fourth-order valence-electron chi connectivity index (χ4n) is 2.26. The number of rotatable bonds is 1. The smallest absolute Gasteiger partial charge is 0.0285 e. The summed E-state index contributed by atoms with van der Waals surface area (Å²) in [5.41, 5.74) is 5.02. The Morgan fingerprint density at radius 1 is 1.38 bits per heavy atom. The predicted molar refractivity (Wildman–Crippen MR) is 60.4 cm³/mol. The summed E-state index contributed by atoms with van der Waals surface area (Å²) in [7, 11) is 0. The molecule has 0 aromatic heterocycles. The van der Waals surface area contributed by atoms with Gasteiger partial charge in [-0.15, -0.1) is 0 Å². The maximum Gasteiger partial charge on any atom is 0.0285 e. The van der Waals surface area contributed by atoms with Gasteiger partial charge >= 0.3 is 0 Å². The Balaban J connectivity index is 2.56. The molecule has 70 valence electrons. The average Bonchev–Trinajstić information content (AvgIpc) is 2.43. The van der Waals surface area contributed by atoms with Crippen LogP contribution in [0.2, 0.25) is 0 Å². The second kappa shape index (κ2) is 3.13. The van der Waals surface area contributed by atoms with Gasteiger partial charge in [0.1, 0.15) is 0 Å². The minimum absolute atomic E-state index is 0.396. The molecule has 0 spiro atoms. The molecule has 0 aliphatic heterocycles. The first kappa shape index (κ1) is 9.26. The second-order valence-corrected chi connectivity index (χ2v) is 5.02. The van der Waals surface area contributed by atoms with Gasteiger partial charge in [-0.2, -0.15) is 0 Å². The summed E-state index contributed by atoms with van der Waals surface area (Å²) in [6.45, 7) is 4.69. The Kier molecular flexibility index (Phi) is 2.23. The van der Waals surface area contributed by atoms with E-state index in [0.717, 1.165) is 5.33 Å². The number of hydrogen-bond donors (Lipinski definition) is 0. The third kappa shape index (κ3) is 1.43. The minimum atomic E-state index is 0.396. The summed E-state index contributed by atoms with van der Waals surface area (Å²) < 4.78 is 0. The van der Waals surface area contributed by atoms with Gasteiger partial charge in [-0.05, 0) is 34.9 Å². The van der Waals surface area contributed by atoms with Crippen molar-refractivity contribution >= 4 is 15.9 Å². The number of benzene rings is 1. The largest absolute Gasteiger partial charge is 0.0876 e. The van der Waals surface area contributed by atoms with E-state index in [1.54, 1.807) is 11.1 Å². The van der Waals surface area contributed by atoms with Crippen LogP contribution in [0.4, 0.5) is 0 Å². The maximum atomic E-state index is 3.55. The first-order valence-electron chi connectivity index (χ1n) is 4.82. The molecule has 0 fully saturated rings. The minimum Gasteiger partial charge on any atom is -0.0876 e. The van der Waals surface area contributed by atoms with Gasteiger partial charge in [0.15, 0.2) is 0 Å².